The third kappa shape index (κ3) is 4.97. The number of thiophene rings is 1. The van der Waals surface area contributed by atoms with Crippen molar-refractivity contribution >= 4 is 38.9 Å². The van der Waals surface area contributed by atoms with E-state index in [9.17, 15) is 0 Å². The molecule has 0 saturated carbocycles. The van der Waals surface area contributed by atoms with Gasteiger partial charge in [0.05, 0.1) is 3.79 Å². The molecule has 2 aromatic rings. The highest BCUT2D eigenvalue weighted by Crippen LogP contribution is 2.22. The molecule has 2 aromatic heterocycles. The molecule has 21 heavy (non-hydrogen) atoms. The van der Waals surface area contributed by atoms with Gasteiger partial charge in [-0.2, -0.15) is 0 Å². The van der Waals surface area contributed by atoms with Gasteiger partial charge in [-0.05, 0) is 41.4 Å². The first-order valence-corrected chi connectivity index (χ1v) is 8.80. The van der Waals surface area contributed by atoms with Gasteiger partial charge in [0, 0.05) is 30.0 Å². The fourth-order valence-corrected chi connectivity index (χ4v) is 3.37. The third-order valence-electron chi connectivity index (χ3n) is 2.92. The highest BCUT2D eigenvalue weighted by Gasteiger charge is 2.07. The molecule has 2 heterocycles. The van der Waals surface area contributed by atoms with E-state index in [1.807, 2.05) is 6.07 Å². The molecule has 0 bridgehead atoms. The van der Waals surface area contributed by atoms with Crippen LogP contribution in [0.4, 0.5) is 11.6 Å². The number of nitrogens with zero attached hydrogens (tertiary/aromatic N) is 2. The van der Waals surface area contributed by atoms with Crippen LogP contribution in [0.3, 0.4) is 0 Å². The van der Waals surface area contributed by atoms with Gasteiger partial charge in [0.1, 0.15) is 17.5 Å². The summed E-state index contributed by atoms with van der Waals surface area (Å²) in [6, 6.07) is 6.21. The summed E-state index contributed by atoms with van der Waals surface area (Å²) < 4.78 is 1.18. The molecule has 0 aliphatic carbocycles. The quantitative estimate of drug-likeness (QED) is 0.754. The Hall–Kier alpha value is -1.14. The number of rotatable bonds is 7. The molecule has 2 rings (SSSR count). The molecule has 4 nitrogen and oxygen atoms in total. The minimum absolute atomic E-state index is 0.317. The van der Waals surface area contributed by atoms with Crippen LogP contribution in [-0.4, -0.2) is 23.1 Å². The molecule has 0 aliphatic heterocycles. The molecule has 0 spiro atoms. The Balaban J connectivity index is 2.00. The van der Waals surface area contributed by atoms with Crippen LogP contribution in [-0.2, 0) is 6.42 Å². The minimum Gasteiger partial charge on any atom is -0.370 e. The largest absolute Gasteiger partial charge is 0.370 e. The molecule has 0 amide bonds. The summed E-state index contributed by atoms with van der Waals surface area (Å²) in [7, 11) is 0. The van der Waals surface area contributed by atoms with E-state index in [1.165, 1.54) is 8.66 Å². The smallest absolute Gasteiger partial charge is 0.135 e. The summed E-state index contributed by atoms with van der Waals surface area (Å²) in [4.78, 5) is 10.5. The highest BCUT2D eigenvalue weighted by atomic mass is 79.9. The van der Waals surface area contributed by atoms with Crippen LogP contribution in [0.25, 0.3) is 0 Å². The van der Waals surface area contributed by atoms with Gasteiger partial charge in [0.15, 0.2) is 0 Å². The molecular weight excluding hydrogens is 348 g/mol. The Morgan fingerprint density at radius 1 is 1.19 bits per heavy atom. The molecular formula is C15H21BrN4S. The van der Waals surface area contributed by atoms with Crippen molar-refractivity contribution in [2.75, 3.05) is 23.7 Å². The Labute approximate surface area is 138 Å². The number of hydrogen-bond acceptors (Lipinski definition) is 5. The number of hydrogen-bond donors (Lipinski definition) is 2. The molecule has 2 N–H and O–H groups in total. The Kier molecular flexibility index (Phi) is 5.99. The summed E-state index contributed by atoms with van der Waals surface area (Å²) in [6.45, 7) is 8.01. The Bertz CT molecular complexity index is 583. The molecule has 0 aromatic carbocycles. The van der Waals surface area contributed by atoms with Crippen molar-refractivity contribution in [2.24, 2.45) is 0 Å². The van der Waals surface area contributed by atoms with Crippen LogP contribution in [0.2, 0.25) is 0 Å². The topological polar surface area (TPSA) is 49.8 Å². The van der Waals surface area contributed by atoms with Crippen LogP contribution in [0, 0.1) is 0 Å². The van der Waals surface area contributed by atoms with Crippen LogP contribution >= 0.6 is 27.3 Å². The highest BCUT2D eigenvalue weighted by molar-refractivity contribution is 9.11. The molecule has 0 unspecified atom stereocenters. The summed E-state index contributed by atoms with van der Waals surface area (Å²) in [6.07, 6.45) is 0.994. The predicted molar refractivity (Wildman–Crippen MR) is 94.5 cm³/mol. The lowest BCUT2D eigenvalue weighted by molar-refractivity contribution is 0.774. The van der Waals surface area contributed by atoms with Crippen LogP contribution < -0.4 is 10.6 Å². The maximum Gasteiger partial charge on any atom is 0.135 e. The number of halogens is 1. The van der Waals surface area contributed by atoms with Gasteiger partial charge in [-0.15, -0.1) is 11.3 Å². The predicted octanol–water partition coefficient (Wildman–Crippen LogP) is 4.51. The summed E-state index contributed by atoms with van der Waals surface area (Å²) in [5.41, 5.74) is 0. The standard InChI is InChI=1S/C15H21BrN4S/c1-4-17-13-9-14(20-15(19-13)10(2)3)18-8-7-11-5-6-12(16)21-11/h5-6,9-10H,4,7-8H2,1-3H3,(H2,17,18,19,20). The second kappa shape index (κ2) is 7.75. The van der Waals surface area contributed by atoms with Crippen molar-refractivity contribution in [1.29, 1.82) is 0 Å². The van der Waals surface area contributed by atoms with E-state index in [1.54, 1.807) is 11.3 Å². The van der Waals surface area contributed by atoms with Gasteiger partial charge >= 0.3 is 0 Å². The van der Waals surface area contributed by atoms with Crippen molar-refractivity contribution < 1.29 is 0 Å². The Morgan fingerprint density at radius 2 is 1.90 bits per heavy atom. The van der Waals surface area contributed by atoms with E-state index >= 15 is 0 Å². The molecule has 0 aliphatic rings. The van der Waals surface area contributed by atoms with Crippen LogP contribution in [0.15, 0.2) is 22.0 Å². The maximum atomic E-state index is 4.58. The monoisotopic (exact) mass is 368 g/mol. The first-order valence-electron chi connectivity index (χ1n) is 7.19. The van der Waals surface area contributed by atoms with E-state index in [4.69, 9.17) is 0 Å². The lowest BCUT2D eigenvalue weighted by Gasteiger charge is -2.12. The van der Waals surface area contributed by atoms with E-state index in [-0.39, 0.29) is 0 Å². The van der Waals surface area contributed by atoms with Crippen molar-refractivity contribution in [3.8, 4) is 0 Å². The van der Waals surface area contributed by atoms with Crippen molar-refractivity contribution in [3.63, 3.8) is 0 Å². The summed E-state index contributed by atoms with van der Waals surface area (Å²) in [5, 5.41) is 6.66. The average Bonchev–Trinajstić information content (AvgIpc) is 2.84. The molecule has 0 radical (unpaired) electrons. The van der Waals surface area contributed by atoms with Crippen LogP contribution in [0.5, 0.6) is 0 Å². The van der Waals surface area contributed by atoms with Gasteiger partial charge in [0.2, 0.25) is 0 Å². The molecule has 6 heteroatoms. The molecule has 0 saturated heterocycles. The lowest BCUT2D eigenvalue weighted by Crippen LogP contribution is -2.10. The fourth-order valence-electron chi connectivity index (χ4n) is 1.89. The molecule has 114 valence electrons. The van der Waals surface area contributed by atoms with Crippen molar-refractivity contribution in [3.05, 3.63) is 32.7 Å². The van der Waals surface area contributed by atoms with Gasteiger partial charge < -0.3 is 10.6 Å². The lowest BCUT2D eigenvalue weighted by atomic mass is 10.2. The maximum absolute atomic E-state index is 4.58. The van der Waals surface area contributed by atoms with Crippen LogP contribution in [0.1, 0.15) is 37.4 Å². The van der Waals surface area contributed by atoms with Gasteiger partial charge in [0.25, 0.3) is 0 Å². The summed E-state index contributed by atoms with van der Waals surface area (Å²) in [5.74, 6) is 2.96. The van der Waals surface area contributed by atoms with Crippen molar-refractivity contribution in [2.45, 2.75) is 33.1 Å². The first-order chi connectivity index (χ1) is 10.1. The number of anilines is 2. The molecule has 0 fully saturated rings. The minimum atomic E-state index is 0.317. The SMILES string of the molecule is CCNc1cc(NCCc2ccc(Br)s2)nc(C(C)C)n1. The van der Waals surface area contributed by atoms with E-state index in [0.717, 1.165) is 37.0 Å². The fraction of sp³-hybridized carbons (Fsp3) is 0.467. The van der Waals surface area contributed by atoms with Crippen molar-refractivity contribution in [1.82, 2.24) is 9.97 Å². The van der Waals surface area contributed by atoms with Gasteiger partial charge in [-0.1, -0.05) is 13.8 Å². The zero-order valence-corrected chi connectivity index (χ0v) is 15.0. The average molecular weight is 369 g/mol. The van der Waals surface area contributed by atoms with E-state index in [0.29, 0.717) is 5.92 Å². The van der Waals surface area contributed by atoms with E-state index in [2.05, 4.69) is 69.4 Å². The van der Waals surface area contributed by atoms with Gasteiger partial charge in [-0.3, -0.25) is 0 Å². The molecule has 0 atom stereocenters. The Morgan fingerprint density at radius 3 is 2.48 bits per heavy atom. The first kappa shape index (κ1) is 16.2. The second-order valence-corrected chi connectivity index (χ2v) is 7.61. The zero-order chi connectivity index (χ0) is 15.2. The summed E-state index contributed by atoms with van der Waals surface area (Å²) >= 11 is 5.26. The number of nitrogens with one attached hydrogen (secondary N) is 2. The van der Waals surface area contributed by atoms with E-state index < -0.39 is 0 Å². The zero-order valence-electron chi connectivity index (χ0n) is 12.6. The normalized spacial score (nSPS) is 10.9. The second-order valence-electron chi connectivity index (χ2n) is 5.06. The third-order valence-corrected chi connectivity index (χ3v) is 4.61. The van der Waals surface area contributed by atoms with Gasteiger partial charge in [-0.25, -0.2) is 9.97 Å². The number of aromatic nitrogens is 2.